The standard InChI is InChI=1S/C24H15N3O3S2/c28-23-22(15-19-7-4-14-25(19)17-10-12-18(13-11-17)27(29)30)32-24(31)26(23)21-9-3-6-16-5-1-2-8-20(16)21/h1-15H/b22-15+. The monoisotopic (exact) mass is 457 g/mol. The Hall–Kier alpha value is -3.75. The van der Waals surface area contributed by atoms with Gasteiger partial charge < -0.3 is 4.57 Å². The lowest BCUT2D eigenvalue weighted by molar-refractivity contribution is -0.384. The second-order valence-electron chi connectivity index (χ2n) is 7.09. The number of hydrogen-bond donors (Lipinski definition) is 0. The van der Waals surface area contributed by atoms with Gasteiger partial charge in [-0.25, -0.2) is 0 Å². The van der Waals surface area contributed by atoms with Crippen molar-refractivity contribution in [3.63, 3.8) is 0 Å². The molecule has 0 unspecified atom stereocenters. The topological polar surface area (TPSA) is 68.4 Å². The van der Waals surface area contributed by atoms with Crippen molar-refractivity contribution in [2.75, 3.05) is 4.90 Å². The third-order valence-corrected chi connectivity index (χ3v) is 6.50. The van der Waals surface area contributed by atoms with E-state index in [2.05, 4.69) is 0 Å². The van der Waals surface area contributed by atoms with E-state index in [1.54, 1.807) is 23.1 Å². The van der Waals surface area contributed by atoms with Gasteiger partial charge in [-0.1, -0.05) is 60.4 Å². The van der Waals surface area contributed by atoms with Crippen molar-refractivity contribution in [3.8, 4) is 5.69 Å². The number of benzene rings is 3. The van der Waals surface area contributed by atoms with E-state index in [0.717, 1.165) is 27.8 Å². The minimum atomic E-state index is -0.432. The van der Waals surface area contributed by atoms with Crippen LogP contribution >= 0.6 is 24.0 Å². The number of carbonyl (C=O) groups excluding carboxylic acids is 1. The van der Waals surface area contributed by atoms with Crippen LogP contribution in [-0.4, -0.2) is 19.7 Å². The van der Waals surface area contributed by atoms with Gasteiger partial charge in [-0.2, -0.15) is 0 Å². The van der Waals surface area contributed by atoms with Crippen LogP contribution in [0.4, 0.5) is 11.4 Å². The van der Waals surface area contributed by atoms with Crippen molar-refractivity contribution in [2.45, 2.75) is 0 Å². The van der Waals surface area contributed by atoms with E-state index >= 15 is 0 Å². The van der Waals surface area contributed by atoms with Crippen molar-refractivity contribution in [3.05, 3.63) is 106 Å². The molecule has 0 aliphatic carbocycles. The second-order valence-corrected chi connectivity index (χ2v) is 8.77. The Morgan fingerprint density at radius 2 is 1.69 bits per heavy atom. The number of non-ortho nitro benzene ring substituents is 1. The summed E-state index contributed by atoms with van der Waals surface area (Å²) >= 11 is 6.82. The number of nitrogens with zero attached hydrogens (tertiary/aromatic N) is 3. The molecular formula is C24H15N3O3S2. The SMILES string of the molecule is O=C1/C(=C\c2cccn2-c2ccc([N+](=O)[O-])cc2)SC(=S)N1c1cccc2ccccc12. The number of hydrogen-bond acceptors (Lipinski definition) is 5. The van der Waals surface area contributed by atoms with Gasteiger partial charge in [0.1, 0.15) is 0 Å². The van der Waals surface area contributed by atoms with Crippen LogP contribution in [0.25, 0.3) is 22.5 Å². The molecule has 1 saturated heterocycles. The summed E-state index contributed by atoms with van der Waals surface area (Å²) in [5.41, 5.74) is 2.33. The number of carbonyl (C=O) groups is 1. The zero-order valence-corrected chi connectivity index (χ0v) is 18.2. The lowest BCUT2D eigenvalue weighted by Crippen LogP contribution is -2.27. The largest absolute Gasteiger partial charge is 0.317 e. The molecule has 1 amide bonds. The lowest BCUT2D eigenvalue weighted by Gasteiger charge is -2.17. The van der Waals surface area contributed by atoms with Crippen LogP contribution in [0.2, 0.25) is 0 Å². The Kier molecular flexibility index (Phi) is 5.08. The summed E-state index contributed by atoms with van der Waals surface area (Å²) in [5, 5.41) is 12.9. The number of nitro groups is 1. The van der Waals surface area contributed by atoms with Crippen molar-refractivity contribution < 1.29 is 9.72 Å². The molecular weight excluding hydrogens is 442 g/mol. The molecule has 3 aromatic carbocycles. The summed E-state index contributed by atoms with van der Waals surface area (Å²) in [5.74, 6) is -0.173. The number of rotatable bonds is 4. The fourth-order valence-corrected chi connectivity index (χ4v) is 4.96. The highest BCUT2D eigenvalue weighted by atomic mass is 32.2. The van der Waals surface area contributed by atoms with Gasteiger partial charge in [0.15, 0.2) is 4.32 Å². The van der Waals surface area contributed by atoms with Crippen molar-refractivity contribution in [1.29, 1.82) is 0 Å². The number of thioether (sulfide) groups is 1. The molecule has 5 rings (SSSR count). The molecule has 4 aromatic rings. The van der Waals surface area contributed by atoms with E-state index in [9.17, 15) is 14.9 Å². The van der Waals surface area contributed by atoms with Gasteiger partial charge in [0, 0.05) is 35.1 Å². The molecule has 8 heteroatoms. The van der Waals surface area contributed by atoms with Crippen LogP contribution in [0.15, 0.2) is 90.0 Å². The van der Waals surface area contributed by atoms with Crippen LogP contribution in [0.1, 0.15) is 5.69 Å². The Morgan fingerprint density at radius 3 is 2.47 bits per heavy atom. The second kappa shape index (κ2) is 8.07. The van der Waals surface area contributed by atoms with Gasteiger partial charge in [0.2, 0.25) is 0 Å². The van der Waals surface area contributed by atoms with Crippen molar-refractivity contribution >= 4 is 62.4 Å². The predicted molar refractivity (Wildman–Crippen MR) is 132 cm³/mol. The van der Waals surface area contributed by atoms with E-state index < -0.39 is 4.92 Å². The third kappa shape index (κ3) is 3.49. The maximum absolute atomic E-state index is 13.3. The van der Waals surface area contributed by atoms with Crippen LogP contribution in [0.5, 0.6) is 0 Å². The minimum absolute atomic E-state index is 0.0263. The first-order chi connectivity index (χ1) is 15.5. The number of amides is 1. The Balaban J connectivity index is 1.50. The smallest absolute Gasteiger partial charge is 0.270 e. The van der Waals surface area contributed by atoms with Crippen LogP contribution in [0, 0.1) is 10.1 Å². The van der Waals surface area contributed by atoms with Gasteiger partial charge in [-0.15, -0.1) is 0 Å². The van der Waals surface area contributed by atoms with Crippen LogP contribution in [-0.2, 0) is 4.79 Å². The number of thiocarbonyl (C=S) groups is 1. The van der Waals surface area contributed by atoms with Crippen molar-refractivity contribution in [1.82, 2.24) is 4.57 Å². The molecule has 0 radical (unpaired) electrons. The molecule has 156 valence electrons. The lowest BCUT2D eigenvalue weighted by atomic mass is 10.1. The molecule has 0 bridgehead atoms. The molecule has 0 spiro atoms. The molecule has 1 aliphatic heterocycles. The molecule has 6 nitrogen and oxygen atoms in total. The summed E-state index contributed by atoms with van der Waals surface area (Å²) in [6.07, 6.45) is 3.64. The van der Waals surface area contributed by atoms with Gasteiger partial charge in [0.25, 0.3) is 11.6 Å². The fourth-order valence-electron chi connectivity index (χ4n) is 3.69. The Labute approximate surface area is 192 Å². The number of anilines is 1. The van der Waals surface area contributed by atoms with E-state index in [1.165, 1.54) is 23.9 Å². The number of aromatic nitrogens is 1. The highest BCUT2D eigenvalue weighted by Crippen LogP contribution is 2.39. The Bertz CT molecular complexity index is 1420. The van der Waals surface area contributed by atoms with Crippen LogP contribution < -0.4 is 4.90 Å². The van der Waals surface area contributed by atoms with E-state index in [4.69, 9.17) is 12.2 Å². The van der Waals surface area contributed by atoms with Gasteiger partial charge in [0.05, 0.1) is 15.5 Å². The quantitative estimate of drug-likeness (QED) is 0.164. The first-order valence-electron chi connectivity index (χ1n) is 9.71. The maximum Gasteiger partial charge on any atom is 0.270 e. The zero-order chi connectivity index (χ0) is 22.2. The summed E-state index contributed by atoms with van der Waals surface area (Å²) < 4.78 is 2.35. The molecule has 0 N–H and O–H groups in total. The molecule has 1 fully saturated rings. The summed E-state index contributed by atoms with van der Waals surface area (Å²) in [4.78, 5) is 25.9. The summed E-state index contributed by atoms with van der Waals surface area (Å²) in [6, 6.07) is 23.7. The highest BCUT2D eigenvalue weighted by Gasteiger charge is 2.34. The fraction of sp³-hybridized carbons (Fsp3) is 0. The van der Waals surface area contributed by atoms with Gasteiger partial charge >= 0.3 is 0 Å². The first kappa shape index (κ1) is 20.2. The Morgan fingerprint density at radius 1 is 0.938 bits per heavy atom. The third-order valence-electron chi connectivity index (χ3n) is 5.20. The minimum Gasteiger partial charge on any atom is -0.317 e. The average Bonchev–Trinajstić information content (AvgIpc) is 3.37. The molecule has 1 aromatic heterocycles. The molecule has 32 heavy (non-hydrogen) atoms. The highest BCUT2D eigenvalue weighted by molar-refractivity contribution is 8.27. The maximum atomic E-state index is 13.3. The van der Waals surface area contributed by atoms with Gasteiger partial charge in [-0.05, 0) is 41.8 Å². The summed E-state index contributed by atoms with van der Waals surface area (Å²) in [7, 11) is 0. The zero-order valence-electron chi connectivity index (χ0n) is 16.5. The van der Waals surface area contributed by atoms with E-state index in [0.29, 0.717) is 9.23 Å². The van der Waals surface area contributed by atoms with Gasteiger partial charge in [-0.3, -0.25) is 19.8 Å². The summed E-state index contributed by atoms with van der Waals surface area (Å²) in [6.45, 7) is 0. The first-order valence-corrected chi connectivity index (χ1v) is 10.9. The normalized spacial score (nSPS) is 15.1. The molecule has 0 saturated carbocycles. The van der Waals surface area contributed by atoms with E-state index in [1.807, 2.05) is 65.4 Å². The van der Waals surface area contributed by atoms with E-state index in [-0.39, 0.29) is 11.6 Å². The van der Waals surface area contributed by atoms with Crippen molar-refractivity contribution in [2.24, 2.45) is 0 Å². The molecule has 1 aliphatic rings. The number of nitro benzene ring substituents is 1. The molecule has 0 atom stereocenters. The van der Waals surface area contributed by atoms with Crippen LogP contribution in [0.3, 0.4) is 0 Å². The molecule has 2 heterocycles. The predicted octanol–water partition coefficient (Wildman–Crippen LogP) is 5.94. The average molecular weight is 458 g/mol. The number of fused-ring (bicyclic) bond motifs is 1.